The van der Waals surface area contributed by atoms with E-state index in [-0.39, 0.29) is 5.66 Å². The first kappa shape index (κ1) is 12.6. The van der Waals surface area contributed by atoms with E-state index in [9.17, 15) is 0 Å². The Bertz CT molecular complexity index is 315. The zero-order chi connectivity index (χ0) is 12.3. The smallest absolute Gasteiger partial charge is 0.124 e. The summed E-state index contributed by atoms with van der Waals surface area (Å²) >= 11 is 0. The first-order chi connectivity index (χ1) is 8.18. The van der Waals surface area contributed by atoms with Gasteiger partial charge in [0.15, 0.2) is 0 Å². The van der Waals surface area contributed by atoms with Gasteiger partial charge in [-0.3, -0.25) is 9.89 Å². The van der Waals surface area contributed by atoms with Gasteiger partial charge in [-0.05, 0) is 19.9 Å². The molecule has 0 amide bonds. The highest BCUT2D eigenvalue weighted by molar-refractivity contribution is 5.71. The van der Waals surface area contributed by atoms with Crippen LogP contribution in [-0.2, 0) is 0 Å². The summed E-state index contributed by atoms with van der Waals surface area (Å²) in [7, 11) is 0. The molecule has 1 fully saturated rings. The lowest BCUT2D eigenvalue weighted by molar-refractivity contribution is 0.0712. The monoisotopic (exact) mass is 236 g/mol. The SMILES string of the molecule is CCC1=CNC(C)(N2CCN(CC)CC2)C=N1. The second kappa shape index (κ2) is 5.19. The molecule has 1 atom stereocenters. The van der Waals surface area contributed by atoms with E-state index in [1.807, 2.05) is 0 Å². The minimum Gasteiger partial charge on any atom is -0.367 e. The number of aliphatic imine (C=N–C) groups is 1. The number of likely N-dealkylation sites (N-methyl/N-ethyl adjacent to an activating group) is 1. The number of rotatable bonds is 3. The molecule has 2 aliphatic heterocycles. The molecule has 96 valence electrons. The molecular formula is C13H24N4. The van der Waals surface area contributed by atoms with E-state index < -0.39 is 0 Å². The quantitative estimate of drug-likeness (QED) is 0.800. The molecule has 2 rings (SSSR count). The van der Waals surface area contributed by atoms with Crippen molar-refractivity contribution in [2.45, 2.75) is 32.9 Å². The highest BCUT2D eigenvalue weighted by Crippen LogP contribution is 2.18. The van der Waals surface area contributed by atoms with Gasteiger partial charge in [0.05, 0.1) is 5.70 Å². The van der Waals surface area contributed by atoms with Gasteiger partial charge < -0.3 is 10.2 Å². The van der Waals surface area contributed by atoms with Crippen molar-refractivity contribution in [2.24, 2.45) is 4.99 Å². The normalized spacial score (nSPS) is 31.1. The van der Waals surface area contributed by atoms with Crippen LogP contribution in [0.25, 0.3) is 0 Å². The molecule has 4 nitrogen and oxygen atoms in total. The van der Waals surface area contributed by atoms with Crippen molar-refractivity contribution < 1.29 is 0 Å². The summed E-state index contributed by atoms with van der Waals surface area (Å²) < 4.78 is 0. The van der Waals surface area contributed by atoms with Crippen LogP contribution in [0.1, 0.15) is 27.2 Å². The number of allylic oxidation sites excluding steroid dienone is 1. The molecule has 0 aliphatic carbocycles. The van der Waals surface area contributed by atoms with Crippen LogP contribution in [0.4, 0.5) is 0 Å². The molecule has 1 saturated heterocycles. The number of hydrogen-bond donors (Lipinski definition) is 1. The molecule has 0 spiro atoms. The molecule has 0 saturated carbocycles. The molecule has 4 heteroatoms. The first-order valence-corrected chi connectivity index (χ1v) is 6.67. The van der Waals surface area contributed by atoms with Gasteiger partial charge in [-0.1, -0.05) is 13.8 Å². The van der Waals surface area contributed by atoms with Gasteiger partial charge in [0.2, 0.25) is 0 Å². The van der Waals surface area contributed by atoms with E-state index in [2.05, 4.69) is 53.3 Å². The lowest BCUT2D eigenvalue weighted by Gasteiger charge is -2.44. The topological polar surface area (TPSA) is 30.9 Å². The van der Waals surface area contributed by atoms with Crippen LogP contribution in [0.15, 0.2) is 16.9 Å². The van der Waals surface area contributed by atoms with E-state index in [1.165, 1.54) is 0 Å². The molecule has 0 aromatic carbocycles. The second-order valence-corrected chi connectivity index (χ2v) is 4.96. The molecule has 0 aromatic rings. The van der Waals surface area contributed by atoms with Gasteiger partial charge >= 0.3 is 0 Å². The number of nitrogens with one attached hydrogen (secondary N) is 1. The van der Waals surface area contributed by atoms with Gasteiger partial charge in [0.25, 0.3) is 0 Å². The molecule has 0 radical (unpaired) electrons. The van der Waals surface area contributed by atoms with Gasteiger partial charge in [-0.15, -0.1) is 0 Å². The highest BCUT2D eigenvalue weighted by Gasteiger charge is 2.32. The Kier molecular flexibility index (Phi) is 3.84. The summed E-state index contributed by atoms with van der Waals surface area (Å²) in [6.07, 6.45) is 5.11. The average molecular weight is 236 g/mol. The molecule has 0 bridgehead atoms. The Hall–Kier alpha value is -0.870. The Labute approximate surface area is 104 Å². The molecule has 2 aliphatic rings. The molecule has 1 N–H and O–H groups in total. The van der Waals surface area contributed by atoms with Crippen LogP contribution >= 0.6 is 0 Å². The first-order valence-electron chi connectivity index (χ1n) is 6.67. The standard InChI is InChI=1S/C13H24N4/c1-4-12-10-15-13(3,11-14-12)17-8-6-16(5-2)7-9-17/h10-11,15H,4-9H2,1-3H3. The fraction of sp³-hybridized carbons (Fsp3) is 0.769. The number of piperazine rings is 1. The second-order valence-electron chi connectivity index (χ2n) is 4.96. The van der Waals surface area contributed by atoms with E-state index >= 15 is 0 Å². The highest BCUT2D eigenvalue weighted by atomic mass is 15.4. The van der Waals surface area contributed by atoms with Gasteiger partial charge in [0.1, 0.15) is 5.66 Å². The molecular weight excluding hydrogens is 212 g/mol. The van der Waals surface area contributed by atoms with Crippen molar-refractivity contribution in [3.05, 3.63) is 11.9 Å². The fourth-order valence-electron chi connectivity index (χ4n) is 2.41. The zero-order valence-corrected chi connectivity index (χ0v) is 11.2. The minimum atomic E-state index is -0.0987. The third-order valence-corrected chi connectivity index (χ3v) is 3.85. The van der Waals surface area contributed by atoms with Gasteiger partial charge in [0, 0.05) is 38.6 Å². The molecule has 1 unspecified atom stereocenters. The Balaban J connectivity index is 1.95. The summed E-state index contributed by atoms with van der Waals surface area (Å²) in [5, 5.41) is 3.50. The summed E-state index contributed by atoms with van der Waals surface area (Å²) in [4.78, 5) is 9.50. The summed E-state index contributed by atoms with van der Waals surface area (Å²) in [6, 6.07) is 0. The van der Waals surface area contributed by atoms with Crippen LogP contribution in [0.5, 0.6) is 0 Å². The maximum atomic E-state index is 4.53. The molecule has 2 heterocycles. The van der Waals surface area contributed by atoms with E-state index in [0.717, 1.165) is 44.8 Å². The van der Waals surface area contributed by atoms with Crippen LogP contribution in [0, 0.1) is 0 Å². The minimum absolute atomic E-state index is 0.0987. The van der Waals surface area contributed by atoms with Crippen LogP contribution in [-0.4, -0.2) is 54.4 Å². The predicted molar refractivity (Wildman–Crippen MR) is 72.1 cm³/mol. The van der Waals surface area contributed by atoms with Crippen molar-refractivity contribution in [3.8, 4) is 0 Å². The Morgan fingerprint density at radius 1 is 1.29 bits per heavy atom. The third kappa shape index (κ3) is 2.69. The maximum Gasteiger partial charge on any atom is 0.124 e. The van der Waals surface area contributed by atoms with Crippen LogP contribution in [0.2, 0.25) is 0 Å². The third-order valence-electron chi connectivity index (χ3n) is 3.85. The van der Waals surface area contributed by atoms with Crippen LogP contribution < -0.4 is 5.32 Å². The van der Waals surface area contributed by atoms with Gasteiger partial charge in [-0.2, -0.15) is 0 Å². The lowest BCUT2D eigenvalue weighted by atomic mass is 10.1. The van der Waals surface area contributed by atoms with Crippen molar-refractivity contribution in [1.82, 2.24) is 15.1 Å². The fourth-order valence-corrected chi connectivity index (χ4v) is 2.41. The van der Waals surface area contributed by atoms with Crippen LogP contribution in [0.3, 0.4) is 0 Å². The van der Waals surface area contributed by atoms with Crippen molar-refractivity contribution in [2.75, 3.05) is 32.7 Å². The summed E-state index contributed by atoms with van der Waals surface area (Å²) in [5.74, 6) is 0. The summed E-state index contributed by atoms with van der Waals surface area (Å²) in [5.41, 5.74) is 1.04. The van der Waals surface area contributed by atoms with Crippen molar-refractivity contribution >= 4 is 6.21 Å². The molecule has 17 heavy (non-hydrogen) atoms. The Morgan fingerprint density at radius 2 is 2.00 bits per heavy atom. The summed E-state index contributed by atoms with van der Waals surface area (Å²) in [6.45, 7) is 12.3. The van der Waals surface area contributed by atoms with Gasteiger partial charge in [-0.25, -0.2) is 0 Å². The Morgan fingerprint density at radius 3 is 2.47 bits per heavy atom. The number of nitrogens with zero attached hydrogens (tertiary/aromatic N) is 3. The average Bonchev–Trinajstić information content (AvgIpc) is 2.40. The molecule has 0 aromatic heterocycles. The van der Waals surface area contributed by atoms with E-state index in [0.29, 0.717) is 0 Å². The van der Waals surface area contributed by atoms with E-state index in [4.69, 9.17) is 0 Å². The van der Waals surface area contributed by atoms with Crippen molar-refractivity contribution in [3.63, 3.8) is 0 Å². The number of hydrogen-bond acceptors (Lipinski definition) is 4. The lowest BCUT2D eigenvalue weighted by Crippen LogP contribution is -2.62. The maximum absolute atomic E-state index is 4.53. The largest absolute Gasteiger partial charge is 0.367 e. The predicted octanol–water partition coefficient (Wildman–Crippen LogP) is 1.27. The zero-order valence-electron chi connectivity index (χ0n) is 11.2. The van der Waals surface area contributed by atoms with Crippen molar-refractivity contribution in [1.29, 1.82) is 0 Å². The van der Waals surface area contributed by atoms with E-state index in [1.54, 1.807) is 0 Å².